The van der Waals surface area contributed by atoms with Gasteiger partial charge in [0.2, 0.25) is 5.91 Å². The fourth-order valence-corrected chi connectivity index (χ4v) is 2.39. The van der Waals surface area contributed by atoms with Crippen molar-refractivity contribution in [2.24, 2.45) is 0 Å². The van der Waals surface area contributed by atoms with Crippen LogP contribution >= 0.6 is 24.0 Å². The van der Waals surface area contributed by atoms with E-state index in [4.69, 9.17) is 21.1 Å². The van der Waals surface area contributed by atoms with Crippen LogP contribution in [0.15, 0.2) is 18.2 Å². The highest BCUT2D eigenvalue weighted by Gasteiger charge is 2.17. The first kappa shape index (κ1) is 21.5. The van der Waals surface area contributed by atoms with Crippen LogP contribution in [0.1, 0.15) is 6.42 Å². The maximum absolute atomic E-state index is 12.0. The van der Waals surface area contributed by atoms with Gasteiger partial charge in [-0.1, -0.05) is 11.6 Å². The number of benzene rings is 1. The highest BCUT2D eigenvalue weighted by atomic mass is 35.5. The van der Waals surface area contributed by atoms with Gasteiger partial charge in [0, 0.05) is 38.8 Å². The standard InChI is InChI=1S/C16H22ClN3O4.ClH/c1-20(2)16(22)10-24-14-4-3-11(7-13(14)17)19-15(21)8-12-9-23-6-5-18-12;/h3-4,7,12,18H,5-6,8-10H2,1-2H3,(H,19,21);1H. The van der Waals surface area contributed by atoms with E-state index in [-0.39, 0.29) is 36.9 Å². The van der Waals surface area contributed by atoms with E-state index < -0.39 is 0 Å². The molecule has 1 aliphatic heterocycles. The number of nitrogens with one attached hydrogen (secondary N) is 2. The van der Waals surface area contributed by atoms with E-state index in [0.717, 1.165) is 6.54 Å². The molecular formula is C16H23Cl2N3O4. The van der Waals surface area contributed by atoms with Crippen molar-refractivity contribution in [2.75, 3.05) is 45.8 Å². The lowest BCUT2D eigenvalue weighted by atomic mass is 10.2. The average Bonchev–Trinajstić information content (AvgIpc) is 2.54. The molecule has 7 nitrogen and oxygen atoms in total. The number of anilines is 1. The zero-order chi connectivity index (χ0) is 17.5. The molecule has 140 valence electrons. The molecule has 1 saturated heterocycles. The Hall–Kier alpha value is -1.54. The molecule has 2 amide bonds. The summed E-state index contributed by atoms with van der Waals surface area (Å²) in [5, 5.41) is 6.35. The predicted molar refractivity (Wildman–Crippen MR) is 98.7 cm³/mol. The van der Waals surface area contributed by atoms with Crippen LogP contribution in [0.2, 0.25) is 5.02 Å². The van der Waals surface area contributed by atoms with Crippen molar-refractivity contribution in [1.82, 2.24) is 10.2 Å². The van der Waals surface area contributed by atoms with Crippen molar-refractivity contribution in [3.63, 3.8) is 0 Å². The lowest BCUT2D eigenvalue weighted by Crippen LogP contribution is -2.43. The minimum Gasteiger partial charge on any atom is -0.482 e. The molecule has 1 heterocycles. The third kappa shape index (κ3) is 7.07. The maximum Gasteiger partial charge on any atom is 0.259 e. The van der Waals surface area contributed by atoms with E-state index in [9.17, 15) is 9.59 Å². The Balaban J connectivity index is 0.00000312. The van der Waals surface area contributed by atoms with Crippen LogP contribution in [-0.2, 0) is 14.3 Å². The molecule has 1 aliphatic rings. The van der Waals surface area contributed by atoms with E-state index in [1.54, 1.807) is 32.3 Å². The molecule has 0 spiro atoms. The summed E-state index contributed by atoms with van der Waals surface area (Å²) in [7, 11) is 3.30. The second-order valence-electron chi connectivity index (χ2n) is 5.70. The molecule has 1 aromatic carbocycles. The van der Waals surface area contributed by atoms with Crippen molar-refractivity contribution in [2.45, 2.75) is 12.5 Å². The number of ether oxygens (including phenoxy) is 2. The molecule has 2 N–H and O–H groups in total. The summed E-state index contributed by atoms with van der Waals surface area (Å²) in [6.45, 7) is 1.86. The molecular weight excluding hydrogens is 369 g/mol. The van der Waals surface area contributed by atoms with Gasteiger partial charge in [0.25, 0.3) is 5.91 Å². The Kier molecular flexibility index (Phi) is 8.99. The fraction of sp³-hybridized carbons (Fsp3) is 0.500. The summed E-state index contributed by atoms with van der Waals surface area (Å²) in [5.74, 6) is 0.114. The van der Waals surface area contributed by atoms with E-state index in [2.05, 4.69) is 10.6 Å². The SMILES string of the molecule is CN(C)C(=O)COc1ccc(NC(=O)CC2COCCN2)cc1Cl.Cl. The van der Waals surface area contributed by atoms with Crippen LogP contribution in [0.5, 0.6) is 5.75 Å². The first-order valence-electron chi connectivity index (χ1n) is 7.69. The number of hydrogen-bond donors (Lipinski definition) is 2. The molecule has 2 rings (SSSR count). The van der Waals surface area contributed by atoms with Gasteiger partial charge in [-0.25, -0.2) is 0 Å². The number of amides is 2. The fourth-order valence-electron chi connectivity index (χ4n) is 2.15. The van der Waals surface area contributed by atoms with Gasteiger partial charge in [0.15, 0.2) is 6.61 Å². The van der Waals surface area contributed by atoms with Crippen LogP contribution in [-0.4, -0.2) is 63.2 Å². The lowest BCUT2D eigenvalue weighted by molar-refractivity contribution is -0.130. The molecule has 0 aliphatic carbocycles. The van der Waals surface area contributed by atoms with E-state index >= 15 is 0 Å². The number of carbonyl (C=O) groups is 2. The topological polar surface area (TPSA) is 79.9 Å². The smallest absolute Gasteiger partial charge is 0.259 e. The Morgan fingerprint density at radius 2 is 2.20 bits per heavy atom. The number of nitrogens with zero attached hydrogens (tertiary/aromatic N) is 1. The third-order valence-electron chi connectivity index (χ3n) is 3.50. The minimum atomic E-state index is -0.161. The quantitative estimate of drug-likeness (QED) is 0.768. The lowest BCUT2D eigenvalue weighted by Gasteiger charge is -2.23. The predicted octanol–water partition coefficient (Wildman–Crippen LogP) is 1.55. The normalized spacial score (nSPS) is 16.5. The van der Waals surface area contributed by atoms with Gasteiger partial charge in [0.1, 0.15) is 5.75 Å². The molecule has 1 unspecified atom stereocenters. The van der Waals surface area contributed by atoms with Gasteiger partial charge in [-0.3, -0.25) is 9.59 Å². The zero-order valence-electron chi connectivity index (χ0n) is 14.2. The number of morpholine rings is 1. The molecule has 0 bridgehead atoms. The summed E-state index contributed by atoms with van der Waals surface area (Å²) < 4.78 is 10.7. The largest absolute Gasteiger partial charge is 0.482 e. The van der Waals surface area contributed by atoms with Gasteiger partial charge in [-0.05, 0) is 18.2 Å². The summed E-state index contributed by atoms with van der Waals surface area (Å²) >= 11 is 6.13. The Bertz CT molecular complexity index is 593. The molecule has 25 heavy (non-hydrogen) atoms. The highest BCUT2D eigenvalue weighted by molar-refractivity contribution is 6.32. The van der Waals surface area contributed by atoms with Crippen LogP contribution in [0.25, 0.3) is 0 Å². The van der Waals surface area contributed by atoms with Gasteiger partial charge in [-0.2, -0.15) is 0 Å². The van der Waals surface area contributed by atoms with Crippen LogP contribution in [0.3, 0.4) is 0 Å². The summed E-state index contributed by atoms with van der Waals surface area (Å²) in [6.07, 6.45) is 0.327. The first-order chi connectivity index (χ1) is 11.5. The number of likely N-dealkylation sites (N-methyl/N-ethyl adjacent to an activating group) is 1. The first-order valence-corrected chi connectivity index (χ1v) is 8.07. The van der Waals surface area contributed by atoms with Crippen molar-refractivity contribution < 1.29 is 19.1 Å². The summed E-state index contributed by atoms with van der Waals surface area (Å²) in [6, 6.07) is 4.93. The van der Waals surface area contributed by atoms with Crippen LogP contribution < -0.4 is 15.4 Å². The van der Waals surface area contributed by atoms with Crippen LogP contribution in [0, 0.1) is 0 Å². The number of carbonyl (C=O) groups excluding carboxylic acids is 2. The monoisotopic (exact) mass is 391 g/mol. The number of hydrogen-bond acceptors (Lipinski definition) is 5. The number of rotatable bonds is 6. The van der Waals surface area contributed by atoms with Gasteiger partial charge in [0.05, 0.1) is 18.2 Å². The van der Waals surface area contributed by atoms with E-state index in [1.807, 2.05) is 0 Å². The van der Waals surface area contributed by atoms with Gasteiger partial charge in [-0.15, -0.1) is 12.4 Å². The van der Waals surface area contributed by atoms with Crippen molar-refractivity contribution in [3.8, 4) is 5.75 Å². The molecule has 1 fully saturated rings. The molecule has 1 atom stereocenters. The average molecular weight is 392 g/mol. The molecule has 0 radical (unpaired) electrons. The van der Waals surface area contributed by atoms with Crippen molar-refractivity contribution in [1.29, 1.82) is 0 Å². The maximum atomic E-state index is 12.0. The van der Waals surface area contributed by atoms with Crippen molar-refractivity contribution in [3.05, 3.63) is 23.2 Å². The summed E-state index contributed by atoms with van der Waals surface area (Å²) in [5.41, 5.74) is 0.577. The Morgan fingerprint density at radius 1 is 1.44 bits per heavy atom. The Morgan fingerprint density at radius 3 is 2.80 bits per heavy atom. The molecule has 9 heteroatoms. The van der Waals surface area contributed by atoms with Crippen molar-refractivity contribution >= 4 is 41.5 Å². The number of halogens is 2. The molecule has 1 aromatic rings. The summed E-state index contributed by atoms with van der Waals surface area (Å²) in [4.78, 5) is 25.0. The zero-order valence-corrected chi connectivity index (χ0v) is 15.8. The van der Waals surface area contributed by atoms with Crippen LogP contribution in [0.4, 0.5) is 5.69 Å². The highest BCUT2D eigenvalue weighted by Crippen LogP contribution is 2.27. The molecule has 0 aromatic heterocycles. The third-order valence-corrected chi connectivity index (χ3v) is 3.79. The second-order valence-corrected chi connectivity index (χ2v) is 6.11. The Labute approximate surface area is 158 Å². The van der Waals surface area contributed by atoms with E-state index in [1.165, 1.54) is 4.90 Å². The molecule has 0 saturated carbocycles. The van der Waals surface area contributed by atoms with Gasteiger partial charge < -0.3 is 25.0 Å². The van der Waals surface area contributed by atoms with E-state index in [0.29, 0.717) is 36.1 Å². The van der Waals surface area contributed by atoms with Gasteiger partial charge >= 0.3 is 0 Å². The minimum absolute atomic E-state index is 0. The second kappa shape index (κ2) is 10.5.